The number of aromatic nitrogens is 2. The third kappa shape index (κ3) is 3.25. The monoisotopic (exact) mass is 367 g/mol. The predicted octanol–water partition coefficient (Wildman–Crippen LogP) is 1.01. The Morgan fingerprint density at radius 3 is 2.82 bits per heavy atom. The van der Waals surface area contributed by atoms with Crippen LogP contribution in [-0.2, 0) is 4.79 Å². The van der Waals surface area contributed by atoms with Crippen molar-refractivity contribution < 1.29 is 9.69 Å². The molecule has 6 nitrogen and oxygen atoms in total. The van der Waals surface area contributed by atoms with Crippen molar-refractivity contribution in [2.75, 3.05) is 18.4 Å². The molecule has 2 atom stereocenters. The Hall–Kier alpha value is -1.60. The maximum absolute atomic E-state index is 12.3. The highest BCUT2D eigenvalue weighted by Crippen LogP contribution is 2.26. The van der Waals surface area contributed by atoms with Gasteiger partial charge in [-0.2, -0.15) is 0 Å². The molecular weight excluding hydrogens is 348 g/mol. The fourth-order valence-electron chi connectivity index (χ4n) is 3.07. The standard InChI is InChI=1S/C15H19BrN4O2/c1-9-4-2-3-5-20(9)8-14(21)17-11-7-13-12(6-10(11)16)18-15(22)19-13/h6-7,9H,2-5,8H2,1H3,(H,17,21)(H2,18,19,22)/p+1/t9-/m1/s1. The molecule has 1 aliphatic heterocycles. The number of nitrogens with one attached hydrogen (secondary N) is 4. The van der Waals surface area contributed by atoms with Gasteiger partial charge >= 0.3 is 5.69 Å². The summed E-state index contributed by atoms with van der Waals surface area (Å²) in [5.74, 6) is 0.00156. The molecule has 2 heterocycles. The van der Waals surface area contributed by atoms with Gasteiger partial charge in [-0.1, -0.05) is 0 Å². The molecule has 0 spiro atoms. The maximum atomic E-state index is 12.3. The van der Waals surface area contributed by atoms with Crippen LogP contribution in [0.3, 0.4) is 0 Å². The number of carbonyl (C=O) groups excluding carboxylic acids is 1. The van der Waals surface area contributed by atoms with E-state index in [1.165, 1.54) is 24.2 Å². The van der Waals surface area contributed by atoms with Crippen molar-refractivity contribution in [1.82, 2.24) is 9.97 Å². The summed E-state index contributed by atoms with van der Waals surface area (Å²) in [4.78, 5) is 30.3. The molecule has 1 aromatic heterocycles. The molecule has 118 valence electrons. The number of rotatable bonds is 3. The number of carbonyl (C=O) groups is 1. The van der Waals surface area contributed by atoms with E-state index in [4.69, 9.17) is 0 Å². The van der Waals surface area contributed by atoms with Gasteiger partial charge in [0.2, 0.25) is 0 Å². The number of benzene rings is 1. The Morgan fingerprint density at radius 1 is 1.36 bits per heavy atom. The number of quaternary nitrogens is 1. The number of piperidine rings is 1. The minimum absolute atomic E-state index is 0.00156. The average molecular weight is 368 g/mol. The van der Waals surface area contributed by atoms with E-state index in [9.17, 15) is 9.59 Å². The van der Waals surface area contributed by atoms with Gasteiger partial charge in [0.25, 0.3) is 5.91 Å². The van der Waals surface area contributed by atoms with E-state index in [0.29, 0.717) is 29.3 Å². The fourth-order valence-corrected chi connectivity index (χ4v) is 3.51. The Bertz CT molecular complexity index is 752. The number of aromatic amines is 2. The first-order valence-electron chi connectivity index (χ1n) is 7.59. The molecule has 2 aromatic rings. The van der Waals surface area contributed by atoms with Gasteiger partial charge < -0.3 is 20.2 Å². The topological polar surface area (TPSA) is 82.2 Å². The molecule has 3 rings (SSSR count). The van der Waals surface area contributed by atoms with Crippen LogP contribution in [0.2, 0.25) is 0 Å². The molecule has 7 heteroatoms. The molecular formula is C15H20BrN4O2+. The van der Waals surface area contributed by atoms with Crippen molar-refractivity contribution >= 4 is 38.6 Å². The van der Waals surface area contributed by atoms with E-state index in [0.717, 1.165) is 11.0 Å². The predicted molar refractivity (Wildman–Crippen MR) is 89.3 cm³/mol. The van der Waals surface area contributed by atoms with Crippen LogP contribution in [0, 0.1) is 0 Å². The number of fused-ring (bicyclic) bond motifs is 1. The Morgan fingerprint density at radius 2 is 2.09 bits per heavy atom. The molecule has 4 N–H and O–H groups in total. The molecule has 0 bridgehead atoms. The Balaban J connectivity index is 1.73. The van der Waals surface area contributed by atoms with Gasteiger partial charge in [0, 0.05) is 4.47 Å². The second-order valence-corrected chi connectivity index (χ2v) is 6.84. The maximum Gasteiger partial charge on any atom is 0.323 e. The zero-order valence-corrected chi connectivity index (χ0v) is 14.0. The van der Waals surface area contributed by atoms with Crippen LogP contribution in [0.1, 0.15) is 26.2 Å². The minimum Gasteiger partial charge on any atom is -0.325 e. The van der Waals surface area contributed by atoms with Crippen molar-refractivity contribution in [3.05, 3.63) is 27.1 Å². The minimum atomic E-state index is -0.253. The molecule has 1 unspecified atom stereocenters. The van der Waals surface area contributed by atoms with Crippen LogP contribution in [0.5, 0.6) is 0 Å². The number of hydrogen-bond donors (Lipinski definition) is 4. The van der Waals surface area contributed by atoms with E-state index >= 15 is 0 Å². The van der Waals surface area contributed by atoms with Gasteiger partial charge in [-0.25, -0.2) is 4.79 Å². The summed E-state index contributed by atoms with van der Waals surface area (Å²) in [6, 6.07) is 4.09. The van der Waals surface area contributed by atoms with Gasteiger partial charge in [-0.15, -0.1) is 0 Å². The lowest BCUT2D eigenvalue weighted by atomic mass is 10.0. The van der Waals surface area contributed by atoms with Crippen molar-refractivity contribution in [3.63, 3.8) is 0 Å². The number of imidazole rings is 1. The summed E-state index contributed by atoms with van der Waals surface area (Å²) in [7, 11) is 0. The zero-order valence-electron chi connectivity index (χ0n) is 12.5. The third-order valence-corrected chi connectivity index (χ3v) is 5.00. The number of amides is 1. The van der Waals surface area contributed by atoms with Crippen LogP contribution in [0.4, 0.5) is 5.69 Å². The zero-order chi connectivity index (χ0) is 15.7. The summed E-state index contributed by atoms with van der Waals surface area (Å²) < 4.78 is 0.755. The number of H-pyrrole nitrogens is 2. The first-order valence-corrected chi connectivity index (χ1v) is 8.38. The number of likely N-dealkylation sites (tertiary alicyclic amines) is 1. The SMILES string of the molecule is C[C@@H]1CCCC[NH+]1CC(=O)Nc1cc2[nH]c(=O)[nH]c2cc1Br. The number of halogens is 1. The van der Waals surface area contributed by atoms with E-state index < -0.39 is 0 Å². The molecule has 0 aliphatic carbocycles. The smallest absolute Gasteiger partial charge is 0.323 e. The molecule has 1 amide bonds. The molecule has 0 saturated carbocycles. The summed E-state index contributed by atoms with van der Waals surface area (Å²) in [6.07, 6.45) is 3.63. The normalized spacial score (nSPS) is 21.9. The van der Waals surface area contributed by atoms with Crippen molar-refractivity contribution in [2.45, 2.75) is 32.2 Å². The molecule has 1 aliphatic rings. The van der Waals surface area contributed by atoms with Crippen LogP contribution in [-0.4, -0.2) is 35.0 Å². The van der Waals surface area contributed by atoms with Crippen molar-refractivity contribution in [3.8, 4) is 0 Å². The molecule has 1 aromatic carbocycles. The van der Waals surface area contributed by atoms with Gasteiger partial charge in [0.15, 0.2) is 6.54 Å². The van der Waals surface area contributed by atoms with Crippen LogP contribution < -0.4 is 15.9 Å². The summed E-state index contributed by atoms with van der Waals surface area (Å²) in [6.45, 7) is 3.74. The summed E-state index contributed by atoms with van der Waals surface area (Å²) >= 11 is 3.43. The fraction of sp³-hybridized carbons (Fsp3) is 0.467. The summed E-state index contributed by atoms with van der Waals surface area (Å²) in [5, 5.41) is 2.94. The average Bonchev–Trinajstić information content (AvgIpc) is 2.81. The second kappa shape index (κ2) is 6.26. The Labute approximate surface area is 136 Å². The van der Waals surface area contributed by atoms with Crippen LogP contribution in [0.25, 0.3) is 11.0 Å². The van der Waals surface area contributed by atoms with E-state index in [1.54, 1.807) is 12.1 Å². The lowest BCUT2D eigenvalue weighted by Gasteiger charge is -2.29. The molecule has 0 radical (unpaired) electrons. The first-order chi connectivity index (χ1) is 10.5. The van der Waals surface area contributed by atoms with E-state index in [2.05, 4.69) is 38.1 Å². The quantitative estimate of drug-likeness (QED) is 0.652. The number of anilines is 1. The lowest BCUT2D eigenvalue weighted by molar-refractivity contribution is -0.920. The van der Waals surface area contributed by atoms with E-state index in [-0.39, 0.29) is 11.6 Å². The summed E-state index contributed by atoms with van der Waals surface area (Å²) in [5.41, 5.74) is 1.82. The van der Waals surface area contributed by atoms with Crippen LogP contribution in [0.15, 0.2) is 21.4 Å². The highest BCUT2D eigenvalue weighted by molar-refractivity contribution is 9.10. The van der Waals surface area contributed by atoms with Gasteiger partial charge in [-0.05, 0) is 54.2 Å². The Kier molecular flexibility index (Phi) is 4.35. The van der Waals surface area contributed by atoms with Crippen molar-refractivity contribution in [2.24, 2.45) is 0 Å². The highest BCUT2D eigenvalue weighted by atomic mass is 79.9. The van der Waals surface area contributed by atoms with Crippen molar-refractivity contribution in [1.29, 1.82) is 0 Å². The third-order valence-electron chi connectivity index (χ3n) is 4.35. The molecule has 1 fully saturated rings. The molecule has 1 saturated heterocycles. The first kappa shape index (κ1) is 15.3. The van der Waals surface area contributed by atoms with Gasteiger partial charge in [0.05, 0.1) is 29.3 Å². The highest BCUT2D eigenvalue weighted by Gasteiger charge is 2.24. The molecule has 22 heavy (non-hydrogen) atoms. The largest absolute Gasteiger partial charge is 0.325 e. The van der Waals surface area contributed by atoms with Gasteiger partial charge in [-0.3, -0.25) is 4.79 Å². The number of hydrogen-bond acceptors (Lipinski definition) is 2. The van der Waals surface area contributed by atoms with E-state index in [1.807, 2.05) is 0 Å². The van der Waals surface area contributed by atoms with Crippen LogP contribution >= 0.6 is 15.9 Å². The van der Waals surface area contributed by atoms with Gasteiger partial charge in [0.1, 0.15) is 0 Å². The second-order valence-electron chi connectivity index (χ2n) is 5.99. The lowest BCUT2D eigenvalue weighted by Crippen LogP contribution is -3.17.